The highest BCUT2D eigenvalue weighted by Gasteiger charge is 2.59. The molecular formula is C24H31NO5Si. The second-order valence-corrected chi connectivity index (χ2v) is 13.4. The number of hydrogen-bond acceptors (Lipinski definition) is 4. The molecule has 1 amide bonds. The van der Waals surface area contributed by atoms with Crippen molar-refractivity contribution in [2.45, 2.75) is 63.8 Å². The number of carboxylic acid groups (broad SMARTS) is 1. The molecule has 2 N–H and O–H groups in total. The Labute approximate surface area is 184 Å². The summed E-state index contributed by atoms with van der Waals surface area (Å²) in [7, 11) is -2.95. The van der Waals surface area contributed by atoms with Crippen LogP contribution in [0.25, 0.3) is 0 Å². The van der Waals surface area contributed by atoms with Gasteiger partial charge < -0.3 is 19.6 Å². The Bertz CT molecular complexity index is 888. The van der Waals surface area contributed by atoms with Gasteiger partial charge in [-0.3, -0.25) is 0 Å². The molecule has 31 heavy (non-hydrogen) atoms. The lowest BCUT2D eigenvalue weighted by Gasteiger charge is -2.47. The van der Waals surface area contributed by atoms with E-state index in [9.17, 15) is 14.7 Å². The summed E-state index contributed by atoms with van der Waals surface area (Å²) in [6, 6.07) is 19.0. The second kappa shape index (κ2) is 8.47. The van der Waals surface area contributed by atoms with E-state index in [1.165, 1.54) is 0 Å². The van der Waals surface area contributed by atoms with E-state index >= 15 is 0 Å². The molecule has 6 nitrogen and oxygen atoms in total. The number of amides is 1. The first kappa shape index (κ1) is 23.0. The maximum absolute atomic E-state index is 12.1. The lowest BCUT2D eigenvalue weighted by molar-refractivity contribution is -0.146. The maximum Gasteiger partial charge on any atom is 0.408 e. The molecule has 1 aliphatic heterocycles. The van der Waals surface area contributed by atoms with Crippen molar-refractivity contribution in [1.82, 2.24) is 5.32 Å². The quantitative estimate of drug-likeness (QED) is 0.644. The van der Waals surface area contributed by atoms with Gasteiger partial charge in [-0.05, 0) is 28.8 Å². The third-order valence-electron chi connectivity index (χ3n) is 6.14. The third kappa shape index (κ3) is 3.99. The van der Waals surface area contributed by atoms with E-state index in [1.807, 2.05) is 43.3 Å². The van der Waals surface area contributed by atoms with Crippen molar-refractivity contribution in [3.05, 3.63) is 60.7 Å². The number of carbonyl (C=O) groups is 2. The molecule has 2 aromatic carbocycles. The molecule has 1 aliphatic rings. The van der Waals surface area contributed by atoms with Gasteiger partial charge in [-0.1, -0.05) is 88.4 Å². The molecule has 0 spiro atoms. The standard InChI is InChI=1S/C24H31NO5Si/c1-6-19(24(5)20(21(26)27)25-22(28)29-24)30-31(23(2,3)4,17-13-9-7-10-14-17)18-15-11-8-12-16-18/h7-16,19-20H,6H2,1-5H3,(H,25,28)(H,26,27)/t19-,20-,24-/m1/s1. The fraction of sp³-hybridized carbons (Fsp3) is 0.417. The minimum atomic E-state index is -2.95. The van der Waals surface area contributed by atoms with Crippen LogP contribution < -0.4 is 15.7 Å². The van der Waals surface area contributed by atoms with Gasteiger partial charge in [0.1, 0.15) is 0 Å². The van der Waals surface area contributed by atoms with Gasteiger partial charge in [-0.25, -0.2) is 9.59 Å². The molecule has 2 aromatic rings. The van der Waals surface area contributed by atoms with Gasteiger partial charge in [0, 0.05) is 0 Å². The molecule has 0 radical (unpaired) electrons. The Morgan fingerprint density at radius 2 is 1.61 bits per heavy atom. The van der Waals surface area contributed by atoms with Crippen LogP contribution in [0, 0.1) is 0 Å². The van der Waals surface area contributed by atoms with Crippen LogP contribution in [0.1, 0.15) is 41.0 Å². The number of cyclic esters (lactones) is 1. The lowest BCUT2D eigenvalue weighted by Crippen LogP contribution is -2.70. The third-order valence-corrected chi connectivity index (χ3v) is 11.2. The van der Waals surface area contributed by atoms with E-state index in [-0.39, 0.29) is 5.04 Å². The molecule has 3 atom stereocenters. The number of ether oxygens (including phenoxy) is 1. The highest BCUT2D eigenvalue weighted by Crippen LogP contribution is 2.41. The summed E-state index contributed by atoms with van der Waals surface area (Å²) in [6.45, 7) is 10.0. The number of carboxylic acids is 1. The summed E-state index contributed by atoms with van der Waals surface area (Å²) in [5, 5.41) is 14.1. The molecule has 0 aromatic heterocycles. The van der Waals surface area contributed by atoms with Crippen molar-refractivity contribution in [3.8, 4) is 0 Å². The van der Waals surface area contributed by atoms with Crippen molar-refractivity contribution in [1.29, 1.82) is 0 Å². The van der Waals surface area contributed by atoms with Crippen LogP contribution in [0.15, 0.2) is 60.7 Å². The number of aliphatic carboxylic acids is 1. The molecule has 0 aliphatic carbocycles. The fourth-order valence-electron chi connectivity index (χ4n) is 4.62. The Morgan fingerprint density at radius 1 is 1.13 bits per heavy atom. The van der Waals surface area contributed by atoms with Gasteiger partial charge in [0.15, 0.2) is 11.6 Å². The highest BCUT2D eigenvalue weighted by atomic mass is 28.4. The van der Waals surface area contributed by atoms with E-state index in [1.54, 1.807) is 6.92 Å². The number of nitrogens with one attached hydrogen (secondary N) is 1. The summed E-state index contributed by atoms with van der Waals surface area (Å²) >= 11 is 0. The first-order valence-corrected chi connectivity index (χ1v) is 12.5. The summed E-state index contributed by atoms with van der Waals surface area (Å²) < 4.78 is 12.7. The fourth-order valence-corrected chi connectivity index (χ4v) is 9.46. The van der Waals surface area contributed by atoms with Crippen LogP contribution in [-0.4, -0.2) is 43.2 Å². The number of carbonyl (C=O) groups excluding carboxylic acids is 1. The molecule has 166 valence electrons. The van der Waals surface area contributed by atoms with Crippen molar-refractivity contribution >= 4 is 30.8 Å². The van der Waals surface area contributed by atoms with Crippen LogP contribution in [0.5, 0.6) is 0 Å². The molecule has 1 saturated heterocycles. The summed E-state index contributed by atoms with van der Waals surface area (Å²) in [5.41, 5.74) is -1.34. The second-order valence-electron chi connectivity index (χ2n) is 9.17. The zero-order valence-electron chi connectivity index (χ0n) is 18.7. The molecule has 1 heterocycles. The van der Waals surface area contributed by atoms with E-state index in [2.05, 4.69) is 50.4 Å². The Kier molecular flexibility index (Phi) is 6.30. The minimum absolute atomic E-state index is 0.283. The van der Waals surface area contributed by atoms with E-state index in [0.29, 0.717) is 6.42 Å². The van der Waals surface area contributed by atoms with E-state index < -0.39 is 38.1 Å². The van der Waals surface area contributed by atoms with Crippen LogP contribution >= 0.6 is 0 Å². The van der Waals surface area contributed by atoms with Gasteiger partial charge >= 0.3 is 12.1 Å². The molecule has 0 bridgehead atoms. The van der Waals surface area contributed by atoms with Crippen LogP contribution in [0.4, 0.5) is 4.79 Å². The Hall–Kier alpha value is -2.64. The maximum atomic E-state index is 12.1. The molecule has 0 saturated carbocycles. The van der Waals surface area contributed by atoms with Crippen LogP contribution in [0.3, 0.4) is 0 Å². The van der Waals surface area contributed by atoms with Gasteiger partial charge in [-0.2, -0.15) is 0 Å². The normalized spacial score (nSPS) is 22.5. The average molecular weight is 442 g/mol. The summed E-state index contributed by atoms with van der Waals surface area (Å²) in [5.74, 6) is -1.14. The van der Waals surface area contributed by atoms with E-state index in [4.69, 9.17) is 9.16 Å². The van der Waals surface area contributed by atoms with Crippen molar-refractivity contribution < 1.29 is 23.9 Å². The molecule has 1 fully saturated rings. The van der Waals surface area contributed by atoms with Crippen molar-refractivity contribution in [2.75, 3.05) is 0 Å². The van der Waals surface area contributed by atoms with Gasteiger partial charge in [0.05, 0.1) is 6.10 Å². The number of rotatable bonds is 7. The monoisotopic (exact) mass is 441 g/mol. The zero-order chi connectivity index (χ0) is 22.9. The SMILES string of the molecule is CC[C@@H](O[Si](c1ccccc1)(c1ccccc1)C(C)(C)C)[C@@]1(C)OC(=O)N[C@@H]1C(=O)O. The molecule has 7 heteroatoms. The Morgan fingerprint density at radius 3 is 2.00 bits per heavy atom. The first-order valence-electron chi connectivity index (χ1n) is 10.6. The first-order chi connectivity index (χ1) is 14.6. The van der Waals surface area contributed by atoms with E-state index in [0.717, 1.165) is 10.4 Å². The largest absolute Gasteiger partial charge is 0.480 e. The molecule has 3 rings (SSSR count). The lowest BCUT2D eigenvalue weighted by atomic mass is 9.89. The molecule has 0 unspecified atom stereocenters. The van der Waals surface area contributed by atoms with Gasteiger partial charge in [-0.15, -0.1) is 0 Å². The van der Waals surface area contributed by atoms with Crippen molar-refractivity contribution in [2.24, 2.45) is 0 Å². The van der Waals surface area contributed by atoms with Gasteiger partial charge in [0.2, 0.25) is 0 Å². The number of alkyl carbamates (subject to hydrolysis) is 1. The predicted octanol–water partition coefficient (Wildman–Crippen LogP) is 3.29. The van der Waals surface area contributed by atoms with Gasteiger partial charge in [0.25, 0.3) is 8.32 Å². The number of hydrogen-bond donors (Lipinski definition) is 2. The predicted molar refractivity (Wildman–Crippen MR) is 122 cm³/mol. The van der Waals surface area contributed by atoms with Crippen LogP contribution in [0.2, 0.25) is 5.04 Å². The minimum Gasteiger partial charge on any atom is -0.480 e. The summed E-state index contributed by atoms with van der Waals surface area (Å²) in [4.78, 5) is 24.0. The summed E-state index contributed by atoms with van der Waals surface area (Å²) in [6.07, 6.45) is -0.877. The van der Waals surface area contributed by atoms with Crippen molar-refractivity contribution in [3.63, 3.8) is 0 Å². The molecular weight excluding hydrogens is 410 g/mol. The van der Waals surface area contributed by atoms with Crippen LogP contribution in [-0.2, 0) is 14.0 Å². The topological polar surface area (TPSA) is 84.9 Å². The smallest absolute Gasteiger partial charge is 0.408 e. The zero-order valence-corrected chi connectivity index (χ0v) is 19.7. The highest BCUT2D eigenvalue weighted by molar-refractivity contribution is 6.99. The number of benzene rings is 2. The average Bonchev–Trinajstić information content (AvgIpc) is 3.04. The Balaban J connectivity index is 2.21.